The van der Waals surface area contributed by atoms with Crippen LogP contribution in [0.1, 0.15) is 20.9 Å². The Kier molecular flexibility index (Phi) is 7.35. The molecule has 0 spiro atoms. The molecule has 1 heterocycles. The number of carbonyl (C=O) groups is 1. The van der Waals surface area contributed by atoms with Gasteiger partial charge in [-0.15, -0.1) is 0 Å². The number of primary amides is 1. The monoisotopic (exact) mass is 492 g/mol. The molecule has 0 radical (unpaired) electrons. The van der Waals surface area contributed by atoms with E-state index in [9.17, 15) is 22.4 Å². The van der Waals surface area contributed by atoms with Gasteiger partial charge in [0, 0.05) is 25.2 Å². The largest absolute Gasteiger partial charge is 0.487 e. The van der Waals surface area contributed by atoms with E-state index in [-0.39, 0.29) is 29.3 Å². The fraction of sp³-hybridized carbons (Fsp3) is 0.174. The Labute approximate surface area is 197 Å². The van der Waals surface area contributed by atoms with E-state index in [1.54, 1.807) is 25.1 Å². The zero-order valence-corrected chi connectivity index (χ0v) is 19.0. The fourth-order valence-electron chi connectivity index (χ4n) is 2.96. The van der Waals surface area contributed by atoms with E-state index in [1.165, 1.54) is 24.3 Å². The third-order valence-corrected chi connectivity index (χ3v) is 5.51. The van der Waals surface area contributed by atoms with Crippen LogP contribution in [-0.2, 0) is 6.18 Å². The second-order valence-corrected chi connectivity index (χ2v) is 8.00. The number of halogens is 4. The van der Waals surface area contributed by atoms with Crippen molar-refractivity contribution < 1.29 is 27.1 Å². The van der Waals surface area contributed by atoms with Crippen LogP contribution < -0.4 is 10.5 Å². The number of amides is 1. The minimum atomic E-state index is -4.43. The number of benzene rings is 2. The number of nitrogens with zero attached hydrogens (tertiary/aromatic N) is 3. The average Bonchev–Trinajstić information content (AvgIpc) is 3.25. The molecule has 2 aromatic carbocycles. The topological polar surface area (TPSA) is 81.3 Å². The highest BCUT2D eigenvalue weighted by atomic mass is 32.1. The maximum Gasteiger partial charge on any atom is 0.416 e. The van der Waals surface area contributed by atoms with Gasteiger partial charge in [0.05, 0.1) is 16.8 Å². The molecule has 0 saturated carbocycles. The molecular formula is C23H20F4N4O2S. The van der Waals surface area contributed by atoms with Crippen molar-refractivity contribution in [1.82, 2.24) is 14.3 Å². The number of allylic oxidation sites excluding steroid dienone is 2. The van der Waals surface area contributed by atoms with Crippen LogP contribution in [0.2, 0.25) is 0 Å². The van der Waals surface area contributed by atoms with E-state index in [1.807, 2.05) is 0 Å². The summed E-state index contributed by atoms with van der Waals surface area (Å²) >= 11 is 1.01. The lowest BCUT2D eigenvalue weighted by molar-refractivity contribution is -0.137. The second kappa shape index (κ2) is 10.0. The van der Waals surface area contributed by atoms with Crippen LogP contribution in [0.15, 0.2) is 60.8 Å². The van der Waals surface area contributed by atoms with Crippen LogP contribution in [0.25, 0.3) is 17.0 Å². The Morgan fingerprint density at radius 3 is 2.41 bits per heavy atom. The number of hydrogen-bond acceptors (Lipinski definition) is 6. The molecule has 0 bridgehead atoms. The van der Waals surface area contributed by atoms with Gasteiger partial charge in [-0.05, 0) is 54.0 Å². The molecule has 0 atom stereocenters. The first-order chi connectivity index (χ1) is 16.0. The molecule has 3 aromatic rings. The van der Waals surface area contributed by atoms with Crippen molar-refractivity contribution in [1.29, 1.82) is 0 Å². The first kappa shape index (κ1) is 24.9. The molecule has 0 aliphatic carbocycles. The summed E-state index contributed by atoms with van der Waals surface area (Å²) in [5.74, 6) is -1.07. The molecule has 0 saturated heterocycles. The predicted molar refractivity (Wildman–Crippen MR) is 122 cm³/mol. The molecule has 2 N–H and O–H groups in total. The van der Waals surface area contributed by atoms with Crippen LogP contribution in [0.4, 0.5) is 17.6 Å². The molecule has 34 heavy (non-hydrogen) atoms. The number of aromatic nitrogens is 2. The molecule has 1 aromatic heterocycles. The van der Waals surface area contributed by atoms with Gasteiger partial charge >= 0.3 is 6.18 Å². The first-order valence-corrected chi connectivity index (χ1v) is 10.6. The predicted octanol–water partition coefficient (Wildman–Crippen LogP) is 5.00. The van der Waals surface area contributed by atoms with E-state index < -0.39 is 23.5 Å². The van der Waals surface area contributed by atoms with Crippen LogP contribution in [0.5, 0.6) is 5.75 Å². The quantitative estimate of drug-likeness (QED) is 0.354. The molecule has 0 aliphatic rings. The Morgan fingerprint density at radius 2 is 1.88 bits per heavy atom. The van der Waals surface area contributed by atoms with Crippen molar-refractivity contribution in [3.05, 3.63) is 82.8 Å². The molecule has 0 fully saturated rings. The maximum atomic E-state index is 14.5. The minimum Gasteiger partial charge on any atom is -0.487 e. The van der Waals surface area contributed by atoms with Crippen LogP contribution >= 0.6 is 11.5 Å². The summed E-state index contributed by atoms with van der Waals surface area (Å²) in [5.41, 5.74) is 5.72. The third kappa shape index (κ3) is 5.60. The number of ether oxygens (including phenoxy) is 1. The van der Waals surface area contributed by atoms with Crippen molar-refractivity contribution in [2.75, 3.05) is 20.7 Å². The lowest BCUT2D eigenvalue weighted by atomic mass is 10.1. The van der Waals surface area contributed by atoms with Crippen molar-refractivity contribution in [2.45, 2.75) is 6.18 Å². The fourth-order valence-corrected chi connectivity index (χ4v) is 3.70. The number of carbonyl (C=O) groups excluding carboxylic acids is 1. The summed E-state index contributed by atoms with van der Waals surface area (Å²) in [4.78, 5) is 17.4. The molecule has 0 unspecified atom stereocenters. The molecule has 178 valence electrons. The van der Waals surface area contributed by atoms with Crippen molar-refractivity contribution in [2.24, 2.45) is 5.73 Å². The van der Waals surface area contributed by atoms with Crippen molar-refractivity contribution in [3.63, 3.8) is 0 Å². The Bertz CT molecular complexity index is 1230. The summed E-state index contributed by atoms with van der Waals surface area (Å²) in [6.07, 6.45) is -2.89. The zero-order chi connectivity index (χ0) is 25.0. The van der Waals surface area contributed by atoms with E-state index in [0.29, 0.717) is 16.3 Å². The van der Waals surface area contributed by atoms with E-state index >= 15 is 0 Å². The summed E-state index contributed by atoms with van der Waals surface area (Å²) < 4.78 is 62.7. The molecule has 6 nitrogen and oxygen atoms in total. The summed E-state index contributed by atoms with van der Waals surface area (Å²) in [7, 11) is 3.53. The normalized spacial score (nSPS) is 12.2. The molecule has 1 amide bonds. The van der Waals surface area contributed by atoms with Gasteiger partial charge in [0.2, 0.25) is 5.91 Å². The van der Waals surface area contributed by atoms with E-state index in [2.05, 4.69) is 15.9 Å². The van der Waals surface area contributed by atoms with Gasteiger partial charge in [-0.1, -0.05) is 12.7 Å². The lowest BCUT2D eigenvalue weighted by Gasteiger charge is -2.20. The molecular weight excluding hydrogens is 472 g/mol. The first-order valence-electron chi connectivity index (χ1n) is 9.78. The van der Waals surface area contributed by atoms with Crippen LogP contribution in [0, 0.1) is 5.82 Å². The SMILES string of the molecule is C=C/C(=C(/COc1ccc(C(F)(F)F)cc1)N(C)C)c1nc(-c2ccc(C(N)=O)cc2F)ns1. The number of nitrogens with two attached hydrogens (primary N) is 1. The Morgan fingerprint density at radius 1 is 1.21 bits per heavy atom. The third-order valence-electron chi connectivity index (χ3n) is 4.76. The van der Waals surface area contributed by atoms with Crippen molar-refractivity contribution >= 4 is 23.0 Å². The number of likely N-dealkylation sites (N-methyl/N-ethyl adjacent to an activating group) is 1. The van der Waals surface area contributed by atoms with Gasteiger partial charge in [0.15, 0.2) is 5.82 Å². The number of alkyl halides is 3. The minimum absolute atomic E-state index is 0.0102. The summed E-state index contributed by atoms with van der Waals surface area (Å²) in [6.45, 7) is 3.82. The standard InChI is InChI=1S/C23H20F4N4O2S/c1-4-16(19(31(2)3)12-33-15-8-6-14(7-9-15)23(25,26)27)22-29-21(30-34-22)17-10-5-13(20(28)32)11-18(17)24/h4-11H,1,12H2,2-3H3,(H2,28,32)/b19-16+. The molecule has 3 rings (SSSR count). The van der Waals surface area contributed by atoms with E-state index in [4.69, 9.17) is 10.5 Å². The highest BCUT2D eigenvalue weighted by molar-refractivity contribution is 7.06. The Balaban J connectivity index is 1.88. The Hall–Kier alpha value is -3.73. The van der Waals surface area contributed by atoms with Gasteiger partial charge in [0.1, 0.15) is 23.2 Å². The maximum absolute atomic E-state index is 14.5. The second-order valence-electron chi connectivity index (χ2n) is 7.25. The zero-order valence-electron chi connectivity index (χ0n) is 18.2. The molecule has 0 aliphatic heterocycles. The van der Waals surface area contributed by atoms with Gasteiger partial charge in [-0.25, -0.2) is 9.37 Å². The van der Waals surface area contributed by atoms with Gasteiger partial charge in [-0.2, -0.15) is 17.5 Å². The van der Waals surface area contributed by atoms with Crippen LogP contribution in [-0.4, -0.2) is 40.9 Å². The van der Waals surface area contributed by atoms with Crippen molar-refractivity contribution in [3.8, 4) is 17.1 Å². The average molecular weight is 492 g/mol. The smallest absolute Gasteiger partial charge is 0.416 e. The van der Waals surface area contributed by atoms with Crippen LogP contribution in [0.3, 0.4) is 0 Å². The molecule has 11 heteroatoms. The van der Waals surface area contributed by atoms with Gasteiger partial charge < -0.3 is 15.4 Å². The lowest BCUT2D eigenvalue weighted by Crippen LogP contribution is -2.19. The summed E-state index contributed by atoms with van der Waals surface area (Å²) in [6, 6.07) is 8.14. The van der Waals surface area contributed by atoms with Gasteiger partial charge in [0.25, 0.3) is 0 Å². The number of hydrogen-bond donors (Lipinski definition) is 1. The summed E-state index contributed by atoms with van der Waals surface area (Å²) in [5, 5.41) is 0.433. The highest BCUT2D eigenvalue weighted by Gasteiger charge is 2.30. The van der Waals surface area contributed by atoms with E-state index in [0.717, 1.165) is 29.7 Å². The number of rotatable bonds is 8. The van der Waals surface area contributed by atoms with Gasteiger partial charge in [-0.3, -0.25) is 4.79 Å². The highest BCUT2D eigenvalue weighted by Crippen LogP contribution is 2.31.